The standard InChI is InChI=1S/C36H32F3N9O7/c37-36(38,39)55-28-19-20(7-8-24(28)43-32(51)26-6-2-4-22(41-26)23-11-13-40-45-23)47-17-15-46(16-18-47)14-12-30(50)42-25-5-1-3-21-31(25)35(54)48(34(21)53)27-9-10-29(49)44-33(27)52/h1-8,11,13,19,27H,9-10,12,14-18H2,(H,40,45)(H,42,50)(H,43,51)(H,44,49,52). The molecule has 1 unspecified atom stereocenters. The molecule has 1 atom stereocenters. The Morgan fingerprint density at radius 2 is 1.69 bits per heavy atom. The van der Waals surface area contributed by atoms with Crippen LogP contribution in [0.25, 0.3) is 11.4 Å². The van der Waals surface area contributed by atoms with Gasteiger partial charge in [0.25, 0.3) is 17.7 Å². The lowest BCUT2D eigenvalue weighted by Crippen LogP contribution is -2.54. The molecule has 2 saturated heterocycles. The monoisotopic (exact) mass is 759 g/mol. The van der Waals surface area contributed by atoms with Crippen LogP contribution >= 0.6 is 0 Å². The van der Waals surface area contributed by atoms with Gasteiger partial charge in [-0.2, -0.15) is 5.10 Å². The van der Waals surface area contributed by atoms with E-state index >= 15 is 0 Å². The number of ether oxygens (including phenoxy) is 1. The minimum Gasteiger partial charge on any atom is -0.403 e. The number of benzene rings is 2. The lowest BCUT2D eigenvalue weighted by Gasteiger charge is -2.36. The second kappa shape index (κ2) is 15.0. The number of carbonyl (C=O) groups is 6. The van der Waals surface area contributed by atoms with Crippen LogP contribution in [0.4, 0.5) is 30.2 Å². The molecule has 5 heterocycles. The van der Waals surface area contributed by atoms with Crippen LogP contribution in [0.3, 0.4) is 0 Å². The minimum absolute atomic E-state index is 0.00126. The van der Waals surface area contributed by atoms with Crippen LogP contribution in [-0.4, -0.2) is 106 Å². The zero-order valence-corrected chi connectivity index (χ0v) is 28.8. The van der Waals surface area contributed by atoms with Crippen molar-refractivity contribution in [2.75, 3.05) is 48.3 Å². The number of carbonyl (C=O) groups excluding carboxylic acids is 6. The SMILES string of the molecule is O=C1CCC(N2C(=O)c3cccc(NC(=O)CCN4CCN(c5ccc(NC(=O)c6cccc(-c7ccn[nH]7)n6)c(OC(F)(F)F)c5)CC4)c3C2=O)C(=O)N1. The molecule has 284 valence electrons. The van der Waals surface area contributed by atoms with E-state index in [0.29, 0.717) is 49.8 Å². The van der Waals surface area contributed by atoms with Crippen molar-refractivity contribution in [3.05, 3.63) is 83.7 Å². The molecular weight excluding hydrogens is 727 g/mol. The summed E-state index contributed by atoms with van der Waals surface area (Å²) >= 11 is 0. The fourth-order valence-corrected chi connectivity index (χ4v) is 6.64. The summed E-state index contributed by atoms with van der Waals surface area (Å²) in [6, 6.07) is 13.7. The molecule has 6 amide bonds. The molecular formula is C36H32F3N9O7. The van der Waals surface area contributed by atoms with Gasteiger partial charge in [0.15, 0.2) is 5.75 Å². The molecule has 7 rings (SSSR count). The van der Waals surface area contributed by atoms with Crippen LogP contribution in [0.1, 0.15) is 50.5 Å². The Balaban J connectivity index is 0.948. The van der Waals surface area contributed by atoms with Gasteiger partial charge in [-0.05, 0) is 48.9 Å². The van der Waals surface area contributed by atoms with E-state index < -0.39 is 53.6 Å². The molecule has 2 aromatic carbocycles. The molecule has 0 bridgehead atoms. The Hall–Kier alpha value is -6.63. The first-order chi connectivity index (χ1) is 26.3. The van der Waals surface area contributed by atoms with E-state index in [1.165, 1.54) is 42.6 Å². The van der Waals surface area contributed by atoms with Crippen molar-refractivity contribution in [1.29, 1.82) is 0 Å². The molecule has 16 nitrogen and oxygen atoms in total. The van der Waals surface area contributed by atoms with Gasteiger partial charge < -0.3 is 20.3 Å². The number of nitrogens with zero attached hydrogens (tertiary/aromatic N) is 5. The average Bonchev–Trinajstić information content (AvgIpc) is 3.79. The molecule has 3 aliphatic heterocycles. The van der Waals surface area contributed by atoms with Crippen molar-refractivity contribution in [3.63, 3.8) is 0 Å². The number of H-pyrrole nitrogens is 1. The summed E-state index contributed by atoms with van der Waals surface area (Å²) in [5, 5.41) is 13.9. The quantitative estimate of drug-likeness (QED) is 0.173. The first kappa shape index (κ1) is 36.7. The first-order valence-electron chi connectivity index (χ1n) is 17.1. The van der Waals surface area contributed by atoms with Gasteiger partial charge in [-0.3, -0.25) is 49.0 Å². The van der Waals surface area contributed by atoms with Crippen LogP contribution in [0.15, 0.2) is 66.9 Å². The van der Waals surface area contributed by atoms with Gasteiger partial charge in [0, 0.05) is 63.5 Å². The Morgan fingerprint density at radius 1 is 0.909 bits per heavy atom. The second-order valence-electron chi connectivity index (χ2n) is 12.9. The van der Waals surface area contributed by atoms with E-state index in [0.717, 1.165) is 4.90 Å². The molecule has 3 aliphatic rings. The van der Waals surface area contributed by atoms with E-state index in [-0.39, 0.29) is 47.5 Å². The van der Waals surface area contributed by atoms with Gasteiger partial charge in [0.2, 0.25) is 17.7 Å². The first-order valence-corrected chi connectivity index (χ1v) is 17.1. The molecule has 55 heavy (non-hydrogen) atoms. The number of rotatable bonds is 10. The number of amides is 6. The second-order valence-corrected chi connectivity index (χ2v) is 12.9. The third-order valence-electron chi connectivity index (χ3n) is 9.33. The largest absolute Gasteiger partial charge is 0.573 e. The molecule has 2 aromatic heterocycles. The molecule has 4 N–H and O–H groups in total. The summed E-state index contributed by atoms with van der Waals surface area (Å²) < 4.78 is 44.7. The number of imide groups is 2. The zero-order valence-electron chi connectivity index (χ0n) is 28.8. The molecule has 19 heteroatoms. The maximum Gasteiger partial charge on any atom is 0.573 e. The number of anilines is 3. The number of pyridine rings is 1. The third kappa shape index (κ3) is 8.00. The number of piperazine rings is 1. The number of hydrogen-bond acceptors (Lipinski definition) is 11. The Kier molecular flexibility index (Phi) is 10.0. The van der Waals surface area contributed by atoms with E-state index in [9.17, 15) is 41.9 Å². The van der Waals surface area contributed by atoms with Crippen LogP contribution in [-0.2, 0) is 14.4 Å². The smallest absolute Gasteiger partial charge is 0.403 e. The molecule has 0 spiro atoms. The molecule has 0 saturated carbocycles. The molecule has 0 radical (unpaired) electrons. The summed E-state index contributed by atoms with van der Waals surface area (Å²) in [6.07, 6.45) is -3.52. The Morgan fingerprint density at radius 3 is 2.42 bits per heavy atom. The number of fused-ring (bicyclic) bond motifs is 1. The van der Waals surface area contributed by atoms with Crippen molar-refractivity contribution in [1.82, 2.24) is 30.3 Å². The van der Waals surface area contributed by atoms with Gasteiger partial charge in [0.05, 0.1) is 33.9 Å². The summed E-state index contributed by atoms with van der Waals surface area (Å²) in [5.74, 6) is -4.44. The fourth-order valence-electron chi connectivity index (χ4n) is 6.64. The highest BCUT2D eigenvalue weighted by molar-refractivity contribution is 6.26. The molecule has 0 aliphatic carbocycles. The minimum atomic E-state index is -5.04. The topological polar surface area (TPSA) is 199 Å². The number of piperidine rings is 1. The highest BCUT2D eigenvalue weighted by atomic mass is 19.4. The average molecular weight is 760 g/mol. The lowest BCUT2D eigenvalue weighted by atomic mass is 10.0. The maximum atomic E-state index is 13.5. The number of nitrogens with one attached hydrogen (secondary N) is 4. The van der Waals surface area contributed by atoms with E-state index in [2.05, 4.69) is 35.9 Å². The number of aromatic nitrogens is 3. The maximum absolute atomic E-state index is 13.5. The summed E-state index contributed by atoms with van der Waals surface area (Å²) in [5.41, 5.74) is 1.28. The van der Waals surface area contributed by atoms with Gasteiger partial charge in [-0.25, -0.2) is 4.98 Å². The number of hydrogen-bond donors (Lipinski definition) is 4. The van der Waals surface area contributed by atoms with Crippen molar-refractivity contribution < 1.29 is 46.7 Å². The van der Waals surface area contributed by atoms with Crippen molar-refractivity contribution in [2.24, 2.45) is 0 Å². The third-order valence-corrected chi connectivity index (χ3v) is 9.33. The summed E-state index contributed by atoms with van der Waals surface area (Å²) in [7, 11) is 0. The highest BCUT2D eigenvalue weighted by Gasteiger charge is 2.45. The van der Waals surface area contributed by atoms with Crippen LogP contribution < -0.4 is 25.6 Å². The number of alkyl halides is 3. The summed E-state index contributed by atoms with van der Waals surface area (Å²) in [4.78, 5) is 85.4. The molecule has 2 fully saturated rings. The zero-order chi connectivity index (χ0) is 38.9. The highest BCUT2D eigenvalue weighted by Crippen LogP contribution is 2.36. The van der Waals surface area contributed by atoms with Gasteiger partial charge >= 0.3 is 6.36 Å². The predicted octanol–water partition coefficient (Wildman–Crippen LogP) is 3.17. The van der Waals surface area contributed by atoms with Crippen molar-refractivity contribution in [2.45, 2.75) is 31.7 Å². The Labute approximate surface area is 310 Å². The lowest BCUT2D eigenvalue weighted by molar-refractivity contribution is -0.274. The normalized spacial score (nSPS) is 17.5. The molecule has 4 aromatic rings. The van der Waals surface area contributed by atoms with Crippen molar-refractivity contribution >= 4 is 52.5 Å². The van der Waals surface area contributed by atoms with Crippen LogP contribution in [0.2, 0.25) is 0 Å². The number of halogens is 3. The van der Waals surface area contributed by atoms with Crippen LogP contribution in [0.5, 0.6) is 5.75 Å². The van der Waals surface area contributed by atoms with Gasteiger partial charge in [-0.15, -0.1) is 13.2 Å². The van der Waals surface area contributed by atoms with E-state index in [1.807, 2.05) is 9.80 Å². The fraction of sp³-hybridized carbons (Fsp3) is 0.278. The van der Waals surface area contributed by atoms with Gasteiger partial charge in [-0.1, -0.05) is 12.1 Å². The van der Waals surface area contributed by atoms with Crippen LogP contribution in [0, 0.1) is 0 Å². The van der Waals surface area contributed by atoms with E-state index in [1.54, 1.807) is 24.3 Å². The van der Waals surface area contributed by atoms with E-state index in [4.69, 9.17) is 0 Å². The van der Waals surface area contributed by atoms with Crippen molar-refractivity contribution in [3.8, 4) is 17.1 Å². The summed E-state index contributed by atoms with van der Waals surface area (Å²) in [6.45, 7) is 2.07. The Bertz CT molecular complexity index is 2190. The van der Waals surface area contributed by atoms with Gasteiger partial charge in [0.1, 0.15) is 11.7 Å². The predicted molar refractivity (Wildman–Crippen MR) is 188 cm³/mol. The number of aromatic amines is 1.